The molecule has 2 aromatic heterocycles. The minimum absolute atomic E-state index is 0.350. The second kappa shape index (κ2) is 6.90. The van der Waals surface area contributed by atoms with E-state index in [4.69, 9.17) is 9.31 Å². The summed E-state index contributed by atoms with van der Waals surface area (Å²) in [7, 11) is -0.733. The Hall–Kier alpha value is -2.58. The molecule has 0 saturated carbocycles. The fourth-order valence-corrected chi connectivity index (χ4v) is 2.57. The van der Waals surface area contributed by atoms with Gasteiger partial charge >= 0.3 is 7.12 Å². The van der Waals surface area contributed by atoms with Crippen molar-refractivity contribution in [3.63, 3.8) is 0 Å². The Bertz CT molecular complexity index is 672. The van der Waals surface area contributed by atoms with Crippen LogP contribution in [0.2, 0.25) is 0 Å². The summed E-state index contributed by atoms with van der Waals surface area (Å²) in [5, 5.41) is 22.1. The van der Waals surface area contributed by atoms with Crippen LogP contribution in [-0.4, -0.2) is 33.1 Å². The van der Waals surface area contributed by atoms with E-state index in [2.05, 4.69) is 51.4 Å². The Morgan fingerprint density at radius 3 is 2.21 bits per heavy atom. The maximum Gasteiger partial charge on any atom is 0.656 e. The fraction of sp³-hybridized carbons (Fsp3) is 0.467. The second-order valence-corrected chi connectivity index (χ2v) is 6.14. The lowest BCUT2D eigenvalue weighted by Crippen LogP contribution is -2.34. The number of H-pyrrole nitrogens is 2. The third kappa shape index (κ3) is 3.50. The smallest absolute Gasteiger partial charge is 0.507 e. The van der Waals surface area contributed by atoms with Crippen molar-refractivity contribution in [3.8, 4) is 11.8 Å². The van der Waals surface area contributed by atoms with Gasteiger partial charge in [-0.2, -0.15) is 20.4 Å². The van der Waals surface area contributed by atoms with E-state index >= 15 is 0 Å². The van der Waals surface area contributed by atoms with Gasteiger partial charge in [0.2, 0.25) is 0 Å². The summed E-state index contributed by atoms with van der Waals surface area (Å²) in [5.74, 6) is 1.00. The summed E-state index contributed by atoms with van der Waals surface area (Å²) in [4.78, 5) is 0. The minimum atomic E-state index is -0.733. The van der Waals surface area contributed by atoms with Crippen molar-refractivity contribution in [3.05, 3.63) is 35.7 Å². The average molecular weight is 328 g/mol. The molecule has 1 aliphatic heterocycles. The number of rotatable bonds is 8. The largest absolute Gasteiger partial charge is 0.656 e. The first-order valence-corrected chi connectivity index (χ1v) is 8.08. The second-order valence-electron chi connectivity index (χ2n) is 6.14. The Morgan fingerprint density at radius 2 is 1.71 bits per heavy atom. The predicted octanol–water partition coefficient (Wildman–Crippen LogP) is 3.31. The van der Waals surface area contributed by atoms with E-state index in [1.807, 2.05) is 0 Å². The highest BCUT2D eigenvalue weighted by atomic mass is 16.6. The van der Waals surface area contributed by atoms with Gasteiger partial charge < -0.3 is 9.31 Å². The molecule has 0 unspecified atom stereocenters. The molecule has 0 aliphatic carbocycles. The van der Waals surface area contributed by atoms with E-state index in [1.54, 1.807) is 24.5 Å². The van der Waals surface area contributed by atoms with Gasteiger partial charge in [-0.1, -0.05) is 13.3 Å². The van der Waals surface area contributed by atoms with Crippen molar-refractivity contribution >= 4 is 7.12 Å². The molecule has 0 spiro atoms. The lowest BCUT2D eigenvalue weighted by atomic mass is 9.76. The summed E-state index contributed by atoms with van der Waals surface area (Å²) >= 11 is 0. The molecule has 8 nitrogen and oxygen atoms in total. The summed E-state index contributed by atoms with van der Waals surface area (Å²) in [6, 6.07) is 3.46. The standard InChI is InChI=1S/C15H21BN6O2/c1-4-5-6-11-14(21-22-15(11,2)3)16(23-12-7-9-17-19-12)24-13-8-10-18-20-13/h7-10H,4-6H2,1-3H3,(H,17,19)(H,18,20). The lowest BCUT2D eigenvalue weighted by molar-refractivity contribution is 0.412. The first-order valence-electron chi connectivity index (χ1n) is 8.08. The van der Waals surface area contributed by atoms with Gasteiger partial charge in [0.05, 0.1) is 17.9 Å². The van der Waals surface area contributed by atoms with E-state index < -0.39 is 7.12 Å². The maximum atomic E-state index is 5.92. The van der Waals surface area contributed by atoms with E-state index in [-0.39, 0.29) is 5.54 Å². The number of hydrogen-bond acceptors (Lipinski definition) is 6. The van der Waals surface area contributed by atoms with Gasteiger partial charge in [0, 0.05) is 12.1 Å². The number of nitrogens with one attached hydrogen (secondary N) is 2. The number of hydrogen-bond donors (Lipinski definition) is 2. The van der Waals surface area contributed by atoms with Crippen LogP contribution >= 0.6 is 0 Å². The van der Waals surface area contributed by atoms with Crippen molar-refractivity contribution in [1.29, 1.82) is 0 Å². The molecule has 0 radical (unpaired) electrons. The fourth-order valence-electron chi connectivity index (χ4n) is 2.57. The molecule has 0 aromatic carbocycles. The molecular formula is C15H21BN6O2. The number of aromatic amines is 2. The zero-order chi connectivity index (χ0) is 17.0. The molecule has 3 rings (SSSR count). The van der Waals surface area contributed by atoms with Gasteiger partial charge in [-0.15, -0.1) is 0 Å². The topological polar surface area (TPSA) is 101 Å². The monoisotopic (exact) mass is 328 g/mol. The zero-order valence-corrected chi connectivity index (χ0v) is 14.1. The van der Waals surface area contributed by atoms with Crippen molar-refractivity contribution < 1.29 is 9.31 Å². The maximum absolute atomic E-state index is 5.92. The van der Waals surface area contributed by atoms with Crippen LogP contribution in [0, 0.1) is 0 Å². The van der Waals surface area contributed by atoms with Crippen LogP contribution in [0.5, 0.6) is 11.8 Å². The van der Waals surface area contributed by atoms with Gasteiger partial charge in [0.25, 0.3) is 0 Å². The molecule has 0 fully saturated rings. The van der Waals surface area contributed by atoms with Crippen LogP contribution in [0.15, 0.2) is 45.9 Å². The molecule has 9 heteroatoms. The van der Waals surface area contributed by atoms with Crippen molar-refractivity contribution in [2.24, 2.45) is 10.2 Å². The van der Waals surface area contributed by atoms with Gasteiger partial charge in [0.15, 0.2) is 11.8 Å². The van der Waals surface area contributed by atoms with Gasteiger partial charge in [-0.05, 0) is 32.3 Å². The first-order chi connectivity index (χ1) is 11.6. The highest BCUT2D eigenvalue weighted by Crippen LogP contribution is 2.36. The number of nitrogens with zero attached hydrogens (tertiary/aromatic N) is 4. The van der Waals surface area contributed by atoms with Gasteiger partial charge in [-0.25, -0.2) is 10.2 Å². The summed E-state index contributed by atoms with van der Waals surface area (Å²) < 4.78 is 11.8. The van der Waals surface area contributed by atoms with Gasteiger partial charge in [0.1, 0.15) is 5.60 Å². The van der Waals surface area contributed by atoms with Crippen LogP contribution in [0.3, 0.4) is 0 Å². The molecular weight excluding hydrogens is 307 g/mol. The van der Waals surface area contributed by atoms with E-state index in [0.717, 1.165) is 24.8 Å². The Morgan fingerprint density at radius 1 is 1.08 bits per heavy atom. The molecule has 24 heavy (non-hydrogen) atoms. The lowest BCUT2D eigenvalue weighted by Gasteiger charge is -2.20. The van der Waals surface area contributed by atoms with Crippen molar-refractivity contribution in [2.45, 2.75) is 45.6 Å². The van der Waals surface area contributed by atoms with Crippen LogP contribution in [0.25, 0.3) is 0 Å². The third-order valence-electron chi connectivity index (χ3n) is 3.88. The molecule has 0 saturated heterocycles. The third-order valence-corrected chi connectivity index (χ3v) is 3.88. The average Bonchev–Trinajstić information content (AvgIpc) is 3.27. The highest BCUT2D eigenvalue weighted by molar-refractivity contribution is 6.55. The van der Waals surface area contributed by atoms with Crippen LogP contribution in [0.1, 0.15) is 40.0 Å². The van der Waals surface area contributed by atoms with Gasteiger partial charge in [-0.3, -0.25) is 0 Å². The SMILES string of the molecule is CCCCC1=C(B(Oc2ccn[nH]2)Oc2ccn[nH]2)N=NC1(C)C. The van der Waals surface area contributed by atoms with Crippen LogP contribution < -0.4 is 9.31 Å². The molecule has 1 aliphatic rings. The van der Waals surface area contributed by atoms with Crippen LogP contribution in [-0.2, 0) is 0 Å². The number of aromatic nitrogens is 4. The van der Waals surface area contributed by atoms with E-state index in [0.29, 0.717) is 17.4 Å². The molecule has 2 N–H and O–H groups in total. The molecule has 0 bridgehead atoms. The minimum Gasteiger partial charge on any atom is -0.507 e. The zero-order valence-electron chi connectivity index (χ0n) is 14.1. The number of azo groups is 1. The summed E-state index contributed by atoms with van der Waals surface area (Å²) in [5.41, 5.74) is 1.49. The summed E-state index contributed by atoms with van der Waals surface area (Å²) in [6.07, 6.45) is 6.31. The van der Waals surface area contributed by atoms with Crippen molar-refractivity contribution in [2.75, 3.05) is 0 Å². The quantitative estimate of drug-likeness (QED) is 0.726. The first kappa shape index (κ1) is 16.3. The van der Waals surface area contributed by atoms with E-state index in [1.165, 1.54) is 0 Å². The number of unbranched alkanes of at least 4 members (excludes halogenated alkanes) is 1. The Kier molecular flexibility index (Phi) is 4.68. The molecule has 126 valence electrons. The van der Waals surface area contributed by atoms with Crippen LogP contribution in [0.4, 0.5) is 0 Å². The van der Waals surface area contributed by atoms with E-state index in [9.17, 15) is 0 Å². The molecule has 3 heterocycles. The normalized spacial score (nSPS) is 15.8. The Labute approximate surface area is 140 Å². The highest BCUT2D eigenvalue weighted by Gasteiger charge is 2.41. The molecule has 0 amide bonds. The molecule has 2 aromatic rings. The summed E-state index contributed by atoms with van der Waals surface area (Å²) in [6.45, 7) is 6.27. The Balaban J connectivity index is 1.91. The van der Waals surface area contributed by atoms with Crippen molar-refractivity contribution in [1.82, 2.24) is 20.4 Å². The predicted molar refractivity (Wildman–Crippen MR) is 89.7 cm³/mol. The molecule has 0 atom stereocenters.